The third kappa shape index (κ3) is 4.85. The first kappa shape index (κ1) is 21.0. The minimum atomic E-state index is -0.469. The van der Waals surface area contributed by atoms with E-state index in [-0.39, 0.29) is 36.1 Å². The van der Waals surface area contributed by atoms with E-state index in [0.29, 0.717) is 13.1 Å². The molecular weight excluding hydrogens is 386 g/mol. The van der Waals surface area contributed by atoms with Crippen LogP contribution in [0.2, 0.25) is 0 Å². The Bertz CT molecular complexity index is 862. The van der Waals surface area contributed by atoms with Crippen LogP contribution in [0, 0.1) is 18.8 Å². The monoisotopic (exact) mass is 413 g/mol. The number of carbonyl (C=O) groups excluding carboxylic acids is 3. The second-order valence-electron chi connectivity index (χ2n) is 7.61. The number of amides is 3. The van der Waals surface area contributed by atoms with Crippen LogP contribution in [-0.4, -0.2) is 30.8 Å². The summed E-state index contributed by atoms with van der Waals surface area (Å²) in [5, 5.41) is 7.63. The molecule has 1 saturated heterocycles. The van der Waals surface area contributed by atoms with Crippen molar-refractivity contribution in [1.29, 1.82) is 0 Å². The second-order valence-corrected chi connectivity index (χ2v) is 8.59. The summed E-state index contributed by atoms with van der Waals surface area (Å²) in [7, 11) is 0. The van der Waals surface area contributed by atoms with E-state index in [0.717, 1.165) is 16.1 Å². The Balaban J connectivity index is 1.74. The maximum absolute atomic E-state index is 12.9. The molecule has 2 heterocycles. The molecule has 0 aliphatic carbocycles. The molecule has 7 heteroatoms. The van der Waals surface area contributed by atoms with Crippen LogP contribution in [0.5, 0.6) is 0 Å². The number of aryl methyl sites for hydroxylation is 1. The highest BCUT2D eigenvalue weighted by molar-refractivity contribution is 7.10. The molecule has 154 valence electrons. The van der Waals surface area contributed by atoms with Gasteiger partial charge in [0.2, 0.25) is 17.7 Å². The molecule has 0 spiro atoms. The third-order valence-corrected chi connectivity index (χ3v) is 6.00. The zero-order valence-corrected chi connectivity index (χ0v) is 17.8. The van der Waals surface area contributed by atoms with Crippen molar-refractivity contribution in [3.8, 4) is 0 Å². The number of carbonyl (C=O) groups is 3. The number of hydrogen-bond donors (Lipinski definition) is 2. The van der Waals surface area contributed by atoms with Crippen LogP contribution in [0.15, 0.2) is 41.8 Å². The van der Waals surface area contributed by atoms with Crippen LogP contribution >= 0.6 is 11.3 Å². The normalized spacial score (nSPS) is 18.9. The van der Waals surface area contributed by atoms with E-state index in [1.165, 1.54) is 0 Å². The standard InChI is InChI=1S/C22H27N3O3S/c1-14(2)21(27)23-10-11-24-22(28)17-13-19(26)25(16-8-6-15(3)7-9-16)20(17)18-5-4-12-29-18/h4-9,12,14,17,20H,10-11,13H2,1-3H3,(H,23,27)(H,24,28). The number of hydrogen-bond acceptors (Lipinski definition) is 4. The Kier molecular flexibility index (Phi) is 6.69. The largest absolute Gasteiger partial charge is 0.354 e. The minimum absolute atomic E-state index is 0.0442. The second kappa shape index (κ2) is 9.22. The maximum atomic E-state index is 12.9. The van der Waals surface area contributed by atoms with Crippen LogP contribution in [0.4, 0.5) is 5.69 Å². The Morgan fingerprint density at radius 2 is 1.83 bits per heavy atom. The molecule has 1 fully saturated rings. The molecule has 0 saturated carbocycles. The van der Waals surface area contributed by atoms with Crippen molar-refractivity contribution in [2.75, 3.05) is 18.0 Å². The maximum Gasteiger partial charge on any atom is 0.228 e. The lowest BCUT2D eigenvalue weighted by molar-refractivity contribution is -0.127. The van der Waals surface area contributed by atoms with Crippen LogP contribution in [0.25, 0.3) is 0 Å². The van der Waals surface area contributed by atoms with Gasteiger partial charge in [-0.2, -0.15) is 0 Å². The molecule has 29 heavy (non-hydrogen) atoms. The predicted molar refractivity (Wildman–Crippen MR) is 115 cm³/mol. The van der Waals surface area contributed by atoms with Crippen molar-refractivity contribution in [1.82, 2.24) is 10.6 Å². The molecule has 3 rings (SSSR count). The number of nitrogens with one attached hydrogen (secondary N) is 2. The van der Waals surface area contributed by atoms with Gasteiger partial charge in [-0.1, -0.05) is 37.6 Å². The fourth-order valence-electron chi connectivity index (χ4n) is 3.47. The van der Waals surface area contributed by atoms with Gasteiger partial charge in [0.15, 0.2) is 0 Å². The minimum Gasteiger partial charge on any atom is -0.354 e. The lowest BCUT2D eigenvalue weighted by atomic mass is 9.97. The van der Waals surface area contributed by atoms with Crippen molar-refractivity contribution in [3.63, 3.8) is 0 Å². The highest BCUT2D eigenvalue weighted by atomic mass is 32.1. The van der Waals surface area contributed by atoms with Gasteiger partial charge in [0.25, 0.3) is 0 Å². The van der Waals surface area contributed by atoms with Crippen molar-refractivity contribution in [3.05, 3.63) is 52.2 Å². The number of benzene rings is 1. The van der Waals surface area contributed by atoms with E-state index in [1.54, 1.807) is 16.2 Å². The molecule has 1 aliphatic rings. The van der Waals surface area contributed by atoms with Gasteiger partial charge in [-0.3, -0.25) is 14.4 Å². The first-order valence-electron chi connectivity index (χ1n) is 9.86. The molecule has 0 radical (unpaired) electrons. The van der Waals surface area contributed by atoms with Crippen molar-refractivity contribution in [2.24, 2.45) is 11.8 Å². The average Bonchev–Trinajstić information content (AvgIpc) is 3.33. The quantitative estimate of drug-likeness (QED) is 0.685. The zero-order chi connectivity index (χ0) is 21.0. The summed E-state index contributed by atoms with van der Waals surface area (Å²) in [4.78, 5) is 40.2. The van der Waals surface area contributed by atoms with Crippen LogP contribution in [-0.2, 0) is 14.4 Å². The topological polar surface area (TPSA) is 78.5 Å². The van der Waals surface area contributed by atoms with Crippen LogP contribution in [0.3, 0.4) is 0 Å². The van der Waals surface area contributed by atoms with Crippen LogP contribution < -0.4 is 15.5 Å². The smallest absolute Gasteiger partial charge is 0.228 e. The number of thiophene rings is 1. The lowest BCUT2D eigenvalue weighted by Gasteiger charge is -2.27. The summed E-state index contributed by atoms with van der Waals surface area (Å²) in [6.07, 6.45) is 0.167. The zero-order valence-electron chi connectivity index (χ0n) is 17.0. The van der Waals surface area contributed by atoms with Gasteiger partial charge in [-0.05, 0) is 30.5 Å². The molecule has 2 aromatic rings. The van der Waals surface area contributed by atoms with E-state index in [4.69, 9.17) is 0 Å². The fraction of sp³-hybridized carbons (Fsp3) is 0.409. The van der Waals surface area contributed by atoms with Gasteiger partial charge in [-0.25, -0.2) is 0 Å². The van der Waals surface area contributed by atoms with E-state index in [9.17, 15) is 14.4 Å². The van der Waals surface area contributed by atoms with Gasteiger partial charge in [0.05, 0.1) is 12.0 Å². The van der Waals surface area contributed by atoms with E-state index in [1.807, 2.05) is 62.5 Å². The average molecular weight is 414 g/mol. The highest BCUT2D eigenvalue weighted by Crippen LogP contribution is 2.43. The first-order valence-corrected chi connectivity index (χ1v) is 10.7. The number of anilines is 1. The number of nitrogens with zero attached hydrogens (tertiary/aromatic N) is 1. The first-order chi connectivity index (χ1) is 13.9. The molecule has 1 aliphatic heterocycles. The molecule has 6 nitrogen and oxygen atoms in total. The van der Waals surface area contributed by atoms with Gasteiger partial charge >= 0.3 is 0 Å². The fourth-order valence-corrected chi connectivity index (χ4v) is 4.35. The molecule has 0 bridgehead atoms. The Morgan fingerprint density at radius 3 is 2.45 bits per heavy atom. The molecule has 1 aromatic heterocycles. The van der Waals surface area contributed by atoms with Gasteiger partial charge in [0, 0.05) is 36.0 Å². The van der Waals surface area contributed by atoms with Gasteiger partial charge in [0.1, 0.15) is 0 Å². The molecule has 2 N–H and O–H groups in total. The predicted octanol–water partition coefficient (Wildman–Crippen LogP) is 3.04. The number of rotatable bonds is 7. The van der Waals surface area contributed by atoms with Crippen molar-refractivity contribution in [2.45, 2.75) is 33.2 Å². The summed E-state index contributed by atoms with van der Waals surface area (Å²) in [6, 6.07) is 11.4. The Morgan fingerprint density at radius 1 is 1.14 bits per heavy atom. The SMILES string of the molecule is Cc1ccc(N2C(=O)CC(C(=O)NCCNC(=O)C(C)C)C2c2cccs2)cc1. The van der Waals surface area contributed by atoms with E-state index >= 15 is 0 Å². The molecule has 2 atom stereocenters. The molecule has 2 unspecified atom stereocenters. The highest BCUT2D eigenvalue weighted by Gasteiger charge is 2.45. The summed E-state index contributed by atoms with van der Waals surface area (Å²) in [5.41, 5.74) is 1.92. The summed E-state index contributed by atoms with van der Waals surface area (Å²) in [5.74, 6) is -0.823. The van der Waals surface area contributed by atoms with E-state index in [2.05, 4.69) is 10.6 Å². The molecule has 3 amide bonds. The molecular formula is C22H27N3O3S. The Labute approximate surface area is 175 Å². The lowest BCUT2D eigenvalue weighted by Crippen LogP contribution is -2.40. The Hall–Kier alpha value is -2.67. The summed E-state index contributed by atoms with van der Waals surface area (Å²) >= 11 is 1.55. The summed E-state index contributed by atoms with van der Waals surface area (Å²) < 4.78 is 0. The van der Waals surface area contributed by atoms with E-state index < -0.39 is 5.92 Å². The van der Waals surface area contributed by atoms with Gasteiger partial charge in [-0.15, -0.1) is 11.3 Å². The third-order valence-electron chi connectivity index (χ3n) is 5.05. The molecule has 1 aromatic carbocycles. The van der Waals surface area contributed by atoms with Crippen LogP contribution in [0.1, 0.15) is 36.8 Å². The van der Waals surface area contributed by atoms with Crippen molar-refractivity contribution >= 4 is 34.7 Å². The van der Waals surface area contributed by atoms with Crippen molar-refractivity contribution < 1.29 is 14.4 Å². The summed E-state index contributed by atoms with van der Waals surface area (Å²) in [6.45, 7) is 6.35. The van der Waals surface area contributed by atoms with Gasteiger partial charge < -0.3 is 15.5 Å².